The topological polar surface area (TPSA) is 69.6 Å². The van der Waals surface area contributed by atoms with Crippen LogP contribution in [0, 0.1) is 0 Å². The molecule has 2 N–H and O–H groups in total. The lowest BCUT2D eigenvalue weighted by Gasteiger charge is -2.02. The smallest absolute Gasteiger partial charge is 0.191 e. The van der Waals surface area contributed by atoms with Crippen LogP contribution in [-0.4, -0.2) is 25.3 Å². The highest BCUT2D eigenvalue weighted by Gasteiger charge is 2.09. The van der Waals surface area contributed by atoms with Gasteiger partial charge in [-0.1, -0.05) is 18.7 Å². The van der Waals surface area contributed by atoms with Gasteiger partial charge in [-0.2, -0.15) is 0 Å². The Morgan fingerprint density at radius 2 is 2.20 bits per heavy atom. The van der Waals surface area contributed by atoms with Crippen LogP contribution in [0.5, 0.6) is 0 Å². The van der Waals surface area contributed by atoms with Crippen molar-refractivity contribution in [2.24, 2.45) is 0 Å². The number of fused-ring (bicyclic) bond motifs is 1. The zero-order chi connectivity index (χ0) is 10.8. The highest BCUT2D eigenvalue weighted by atomic mass is 32.2. The summed E-state index contributed by atoms with van der Waals surface area (Å²) < 4.78 is 1.97. The highest BCUT2D eigenvalue weighted by molar-refractivity contribution is 7.99. The molecular weight excluding hydrogens is 210 g/mol. The molecule has 0 aliphatic carbocycles. The number of hydrogen-bond donors (Lipinski definition) is 1. The first-order chi connectivity index (χ1) is 7.26. The molecule has 0 saturated carbocycles. The molecule has 0 unspecified atom stereocenters. The molecule has 0 fully saturated rings. The summed E-state index contributed by atoms with van der Waals surface area (Å²) in [4.78, 5) is 12.8. The minimum absolute atomic E-state index is 0.461. The maximum atomic E-state index is 5.82. The van der Waals surface area contributed by atoms with E-state index in [1.54, 1.807) is 18.1 Å². The van der Waals surface area contributed by atoms with Crippen LogP contribution in [0.25, 0.3) is 11.2 Å². The van der Waals surface area contributed by atoms with Crippen LogP contribution >= 0.6 is 11.8 Å². The predicted octanol–water partition coefficient (Wildman–Crippen LogP) is 1.54. The Balaban J connectivity index is 2.60. The van der Waals surface area contributed by atoms with Crippen LogP contribution in [-0.2, 0) is 6.54 Å². The number of rotatable bonds is 3. The van der Waals surface area contributed by atoms with Crippen molar-refractivity contribution in [3.05, 3.63) is 6.33 Å². The van der Waals surface area contributed by atoms with Crippen molar-refractivity contribution < 1.29 is 0 Å². The van der Waals surface area contributed by atoms with Crippen LogP contribution in [0.2, 0.25) is 0 Å². The Labute approximate surface area is 92.1 Å². The summed E-state index contributed by atoms with van der Waals surface area (Å²) in [6, 6.07) is 0. The minimum Gasteiger partial charge on any atom is -0.382 e. The molecular formula is C9H13N5S. The third-order valence-electron chi connectivity index (χ3n) is 2.08. The molecule has 2 heterocycles. The predicted molar refractivity (Wildman–Crippen MR) is 61.8 cm³/mol. The molecule has 0 aliphatic rings. The maximum Gasteiger partial charge on any atom is 0.191 e. The zero-order valence-corrected chi connectivity index (χ0v) is 9.58. The monoisotopic (exact) mass is 223 g/mol. The highest BCUT2D eigenvalue weighted by Crippen LogP contribution is 2.20. The molecule has 0 spiro atoms. The lowest BCUT2D eigenvalue weighted by Crippen LogP contribution is -2.00. The lowest BCUT2D eigenvalue weighted by molar-refractivity contribution is 0.771. The Bertz CT molecular complexity index is 479. The molecule has 0 atom stereocenters. The standard InChI is InChI=1S/C9H13N5S/c1-3-14-5-11-6-7(10)12-9(15-4-2)13-8(6)14/h5H,3-4H2,1-2H3,(H2,10,12,13). The summed E-state index contributed by atoms with van der Waals surface area (Å²) >= 11 is 1.58. The van der Waals surface area contributed by atoms with E-state index in [0.717, 1.165) is 23.1 Å². The first-order valence-corrected chi connectivity index (χ1v) is 5.86. The fraction of sp³-hybridized carbons (Fsp3) is 0.444. The minimum atomic E-state index is 0.461. The number of nitrogen functional groups attached to an aromatic ring is 1. The second kappa shape index (κ2) is 4.06. The number of hydrogen-bond acceptors (Lipinski definition) is 5. The Morgan fingerprint density at radius 3 is 2.87 bits per heavy atom. The SMILES string of the molecule is CCSc1nc(N)c2ncn(CC)c2n1. The van der Waals surface area contributed by atoms with Gasteiger partial charge < -0.3 is 10.3 Å². The molecule has 2 aromatic heterocycles. The van der Waals surface area contributed by atoms with E-state index in [1.807, 2.05) is 11.5 Å². The Morgan fingerprint density at radius 1 is 1.40 bits per heavy atom. The number of aryl methyl sites for hydroxylation is 1. The molecule has 0 amide bonds. The molecule has 2 aromatic rings. The number of nitrogens with two attached hydrogens (primary N) is 1. The van der Waals surface area contributed by atoms with E-state index in [1.165, 1.54) is 0 Å². The fourth-order valence-corrected chi connectivity index (χ4v) is 1.94. The Kier molecular flexibility index (Phi) is 2.77. The van der Waals surface area contributed by atoms with E-state index in [2.05, 4.69) is 21.9 Å². The second-order valence-corrected chi connectivity index (χ2v) is 4.26. The van der Waals surface area contributed by atoms with Crippen LogP contribution in [0.3, 0.4) is 0 Å². The number of imidazole rings is 1. The van der Waals surface area contributed by atoms with Crippen molar-refractivity contribution in [2.45, 2.75) is 25.5 Å². The summed E-state index contributed by atoms with van der Waals surface area (Å²) in [7, 11) is 0. The number of nitrogens with zero attached hydrogens (tertiary/aromatic N) is 4. The average Bonchev–Trinajstić information content (AvgIpc) is 2.61. The van der Waals surface area contributed by atoms with E-state index >= 15 is 0 Å². The van der Waals surface area contributed by atoms with E-state index in [0.29, 0.717) is 11.3 Å². The molecule has 0 saturated heterocycles. The number of anilines is 1. The van der Waals surface area contributed by atoms with Crippen molar-refractivity contribution in [1.29, 1.82) is 0 Å². The summed E-state index contributed by atoms with van der Waals surface area (Å²) in [6.07, 6.45) is 1.75. The van der Waals surface area contributed by atoms with Crippen LogP contribution in [0.4, 0.5) is 5.82 Å². The van der Waals surface area contributed by atoms with E-state index in [9.17, 15) is 0 Å². The zero-order valence-electron chi connectivity index (χ0n) is 8.77. The van der Waals surface area contributed by atoms with Gasteiger partial charge in [-0.15, -0.1) is 0 Å². The van der Waals surface area contributed by atoms with Gasteiger partial charge in [0.2, 0.25) is 0 Å². The van der Waals surface area contributed by atoms with E-state index in [-0.39, 0.29) is 0 Å². The Hall–Kier alpha value is -1.30. The van der Waals surface area contributed by atoms with Crippen molar-refractivity contribution in [3.63, 3.8) is 0 Å². The fourth-order valence-electron chi connectivity index (χ4n) is 1.37. The molecule has 0 radical (unpaired) electrons. The lowest BCUT2D eigenvalue weighted by atomic mass is 10.5. The van der Waals surface area contributed by atoms with Crippen molar-refractivity contribution in [1.82, 2.24) is 19.5 Å². The number of thioether (sulfide) groups is 1. The van der Waals surface area contributed by atoms with Gasteiger partial charge in [0.1, 0.15) is 5.52 Å². The molecule has 2 rings (SSSR count). The molecule has 6 heteroatoms. The first-order valence-electron chi connectivity index (χ1n) is 4.87. The third-order valence-corrected chi connectivity index (χ3v) is 2.81. The molecule has 80 valence electrons. The molecule has 15 heavy (non-hydrogen) atoms. The van der Waals surface area contributed by atoms with Gasteiger partial charge >= 0.3 is 0 Å². The van der Waals surface area contributed by atoms with Crippen LogP contribution in [0.1, 0.15) is 13.8 Å². The third kappa shape index (κ3) is 1.77. The van der Waals surface area contributed by atoms with Gasteiger partial charge in [0.05, 0.1) is 6.33 Å². The normalized spacial score (nSPS) is 11.1. The largest absolute Gasteiger partial charge is 0.382 e. The van der Waals surface area contributed by atoms with Crippen molar-refractivity contribution >= 4 is 28.7 Å². The second-order valence-electron chi connectivity index (χ2n) is 3.03. The number of aromatic nitrogens is 4. The van der Waals surface area contributed by atoms with Crippen LogP contribution in [0.15, 0.2) is 11.5 Å². The summed E-state index contributed by atoms with van der Waals surface area (Å²) in [5, 5.41) is 0.720. The van der Waals surface area contributed by atoms with Crippen molar-refractivity contribution in [2.75, 3.05) is 11.5 Å². The average molecular weight is 223 g/mol. The van der Waals surface area contributed by atoms with Crippen LogP contribution < -0.4 is 5.73 Å². The summed E-state index contributed by atoms with van der Waals surface area (Å²) in [5.41, 5.74) is 7.33. The van der Waals surface area contributed by atoms with Gasteiger partial charge in [-0.05, 0) is 12.7 Å². The van der Waals surface area contributed by atoms with Gasteiger partial charge in [-0.3, -0.25) is 0 Å². The van der Waals surface area contributed by atoms with E-state index in [4.69, 9.17) is 5.73 Å². The molecule has 5 nitrogen and oxygen atoms in total. The quantitative estimate of drug-likeness (QED) is 0.631. The van der Waals surface area contributed by atoms with Gasteiger partial charge in [-0.25, -0.2) is 15.0 Å². The van der Waals surface area contributed by atoms with Gasteiger partial charge in [0.15, 0.2) is 16.6 Å². The van der Waals surface area contributed by atoms with Gasteiger partial charge in [0, 0.05) is 6.54 Å². The molecule has 0 aromatic carbocycles. The summed E-state index contributed by atoms with van der Waals surface area (Å²) in [6.45, 7) is 4.95. The maximum absolute atomic E-state index is 5.82. The van der Waals surface area contributed by atoms with Crippen molar-refractivity contribution in [3.8, 4) is 0 Å². The molecule has 0 bridgehead atoms. The molecule has 0 aliphatic heterocycles. The summed E-state index contributed by atoms with van der Waals surface area (Å²) in [5.74, 6) is 1.40. The van der Waals surface area contributed by atoms with Gasteiger partial charge in [0.25, 0.3) is 0 Å². The van der Waals surface area contributed by atoms with E-state index < -0.39 is 0 Å². The first kappa shape index (κ1) is 10.2.